The molecule has 142 valence electrons. The Balaban J connectivity index is 1.64. The van der Waals surface area contributed by atoms with Gasteiger partial charge in [0.1, 0.15) is 11.3 Å². The molecule has 0 aliphatic heterocycles. The number of aromatic nitrogens is 4. The predicted molar refractivity (Wildman–Crippen MR) is 110 cm³/mol. The molecule has 0 amide bonds. The van der Waals surface area contributed by atoms with E-state index in [1.165, 1.54) is 0 Å². The number of hydrogen-bond donors (Lipinski definition) is 1. The fourth-order valence-corrected chi connectivity index (χ4v) is 3.55. The number of nitrogen functional groups attached to an aromatic ring is 1. The molecule has 0 radical (unpaired) electrons. The maximum atomic E-state index is 5.73. The molecule has 7 heteroatoms. The van der Waals surface area contributed by atoms with Crippen molar-refractivity contribution in [1.82, 2.24) is 20.3 Å². The molecule has 0 aliphatic rings. The summed E-state index contributed by atoms with van der Waals surface area (Å²) in [5, 5.41) is 9.16. The summed E-state index contributed by atoms with van der Waals surface area (Å²) in [6, 6.07) is 15.8. The molecule has 2 N–H and O–H groups in total. The Morgan fingerprint density at radius 1 is 0.862 bits per heavy atom. The Bertz CT molecular complexity index is 1330. The number of hydrogen-bond acceptors (Lipinski definition) is 7. The first kappa shape index (κ1) is 17.1. The van der Waals surface area contributed by atoms with Crippen LogP contribution in [0.25, 0.3) is 44.6 Å². The SMILES string of the molecule is Cc1noc(C)c1-c1cccc(-c2onc3ccc(-c4ccnc(N)n4)cc23)c1. The standard InChI is InChI=1S/C22H17N5O2/c1-12-20(13(2)28-26-12)15-4-3-5-16(10-15)21-17-11-14(6-7-19(17)27-29-21)18-8-9-24-22(23)25-18/h3-11H,1-2H3,(H2,23,24,25). The summed E-state index contributed by atoms with van der Waals surface area (Å²) in [6.07, 6.45) is 1.64. The van der Waals surface area contributed by atoms with Crippen LogP contribution in [0.5, 0.6) is 0 Å². The van der Waals surface area contributed by atoms with Crippen molar-refractivity contribution in [3.8, 4) is 33.7 Å². The van der Waals surface area contributed by atoms with E-state index >= 15 is 0 Å². The maximum absolute atomic E-state index is 5.73. The zero-order valence-electron chi connectivity index (χ0n) is 15.9. The van der Waals surface area contributed by atoms with Gasteiger partial charge in [-0.3, -0.25) is 0 Å². The van der Waals surface area contributed by atoms with Crippen molar-refractivity contribution in [3.63, 3.8) is 0 Å². The molecule has 3 aromatic heterocycles. The minimum absolute atomic E-state index is 0.236. The smallest absolute Gasteiger partial charge is 0.220 e. The number of nitrogens with two attached hydrogens (primary N) is 1. The van der Waals surface area contributed by atoms with E-state index in [4.69, 9.17) is 14.8 Å². The van der Waals surface area contributed by atoms with E-state index in [-0.39, 0.29) is 5.95 Å². The molecule has 0 bridgehead atoms. The molecule has 0 saturated carbocycles. The van der Waals surface area contributed by atoms with Crippen molar-refractivity contribution in [2.45, 2.75) is 13.8 Å². The van der Waals surface area contributed by atoms with Gasteiger partial charge in [-0.2, -0.15) is 0 Å². The number of aryl methyl sites for hydroxylation is 2. The minimum atomic E-state index is 0.236. The fraction of sp³-hybridized carbons (Fsp3) is 0.0909. The molecule has 7 nitrogen and oxygen atoms in total. The lowest BCUT2D eigenvalue weighted by atomic mass is 9.99. The number of anilines is 1. The lowest BCUT2D eigenvalue weighted by Crippen LogP contribution is -1.95. The second kappa shape index (κ2) is 6.56. The summed E-state index contributed by atoms with van der Waals surface area (Å²) in [5.74, 6) is 1.71. The summed E-state index contributed by atoms with van der Waals surface area (Å²) in [4.78, 5) is 8.26. The average molecular weight is 383 g/mol. The summed E-state index contributed by atoms with van der Waals surface area (Å²) in [5.41, 5.74) is 11.9. The second-order valence-electron chi connectivity index (χ2n) is 6.82. The highest BCUT2D eigenvalue weighted by molar-refractivity contribution is 5.95. The van der Waals surface area contributed by atoms with Crippen LogP contribution >= 0.6 is 0 Å². The van der Waals surface area contributed by atoms with Crippen LogP contribution < -0.4 is 5.73 Å². The molecule has 0 fully saturated rings. The normalized spacial score (nSPS) is 11.2. The number of rotatable bonds is 3. The van der Waals surface area contributed by atoms with Crippen molar-refractivity contribution < 1.29 is 9.05 Å². The van der Waals surface area contributed by atoms with Crippen LogP contribution in [-0.2, 0) is 0 Å². The van der Waals surface area contributed by atoms with Crippen molar-refractivity contribution in [3.05, 3.63) is 66.2 Å². The Morgan fingerprint density at radius 3 is 2.52 bits per heavy atom. The van der Waals surface area contributed by atoms with Crippen molar-refractivity contribution in [2.24, 2.45) is 0 Å². The number of nitrogens with zero attached hydrogens (tertiary/aromatic N) is 4. The zero-order valence-corrected chi connectivity index (χ0v) is 15.9. The lowest BCUT2D eigenvalue weighted by Gasteiger charge is -2.04. The number of fused-ring (bicyclic) bond motifs is 1. The predicted octanol–water partition coefficient (Wildman–Crippen LogP) is 4.81. The Labute approximate surface area is 166 Å². The molecule has 29 heavy (non-hydrogen) atoms. The van der Waals surface area contributed by atoms with Crippen LogP contribution in [-0.4, -0.2) is 20.3 Å². The van der Waals surface area contributed by atoms with Gasteiger partial charge in [-0.05, 0) is 43.7 Å². The molecule has 2 aromatic carbocycles. The van der Waals surface area contributed by atoms with E-state index in [2.05, 4.69) is 26.3 Å². The molecule has 0 spiro atoms. The largest absolute Gasteiger partial charge is 0.368 e. The van der Waals surface area contributed by atoms with Crippen molar-refractivity contribution in [2.75, 3.05) is 5.73 Å². The molecule has 0 atom stereocenters. The van der Waals surface area contributed by atoms with Gasteiger partial charge in [0, 0.05) is 22.9 Å². The Morgan fingerprint density at radius 2 is 1.72 bits per heavy atom. The molecular formula is C22H17N5O2. The summed E-state index contributed by atoms with van der Waals surface area (Å²) in [6.45, 7) is 3.84. The van der Waals surface area contributed by atoms with Gasteiger partial charge in [-0.1, -0.05) is 34.6 Å². The monoisotopic (exact) mass is 383 g/mol. The summed E-state index contributed by atoms with van der Waals surface area (Å²) < 4.78 is 11.0. The fourth-order valence-electron chi connectivity index (χ4n) is 3.55. The van der Waals surface area contributed by atoms with Crippen LogP contribution in [0.2, 0.25) is 0 Å². The van der Waals surface area contributed by atoms with Crippen LogP contribution in [0, 0.1) is 13.8 Å². The Kier molecular flexibility index (Phi) is 3.87. The zero-order chi connectivity index (χ0) is 20.0. The highest BCUT2D eigenvalue weighted by atomic mass is 16.5. The van der Waals surface area contributed by atoms with Gasteiger partial charge in [-0.15, -0.1) is 0 Å². The molecule has 0 saturated heterocycles. The topological polar surface area (TPSA) is 104 Å². The first-order valence-corrected chi connectivity index (χ1v) is 9.12. The molecule has 0 aliphatic carbocycles. The highest BCUT2D eigenvalue weighted by Crippen LogP contribution is 2.35. The third kappa shape index (κ3) is 2.93. The van der Waals surface area contributed by atoms with E-state index in [0.29, 0.717) is 5.76 Å². The van der Waals surface area contributed by atoms with Gasteiger partial charge < -0.3 is 14.8 Å². The molecule has 3 heterocycles. The van der Waals surface area contributed by atoms with E-state index < -0.39 is 0 Å². The first-order valence-electron chi connectivity index (χ1n) is 9.12. The van der Waals surface area contributed by atoms with E-state index in [0.717, 1.165) is 50.3 Å². The summed E-state index contributed by atoms with van der Waals surface area (Å²) in [7, 11) is 0. The molecular weight excluding hydrogens is 366 g/mol. The van der Waals surface area contributed by atoms with Gasteiger partial charge in [0.2, 0.25) is 5.95 Å². The van der Waals surface area contributed by atoms with Gasteiger partial charge in [0.15, 0.2) is 5.76 Å². The van der Waals surface area contributed by atoms with Gasteiger partial charge in [0.05, 0.1) is 16.8 Å². The van der Waals surface area contributed by atoms with Gasteiger partial charge in [-0.25, -0.2) is 9.97 Å². The quantitative estimate of drug-likeness (QED) is 0.477. The average Bonchev–Trinajstić information content (AvgIpc) is 3.30. The van der Waals surface area contributed by atoms with Crippen LogP contribution in [0.15, 0.2) is 63.8 Å². The highest BCUT2D eigenvalue weighted by Gasteiger charge is 2.16. The minimum Gasteiger partial charge on any atom is -0.368 e. The van der Waals surface area contributed by atoms with Gasteiger partial charge >= 0.3 is 0 Å². The van der Waals surface area contributed by atoms with Crippen LogP contribution in [0.4, 0.5) is 5.95 Å². The maximum Gasteiger partial charge on any atom is 0.220 e. The number of benzene rings is 2. The first-order chi connectivity index (χ1) is 14.1. The van der Waals surface area contributed by atoms with Crippen LogP contribution in [0.3, 0.4) is 0 Å². The molecule has 5 rings (SSSR count). The van der Waals surface area contributed by atoms with Crippen molar-refractivity contribution in [1.29, 1.82) is 0 Å². The molecule has 0 unspecified atom stereocenters. The van der Waals surface area contributed by atoms with Gasteiger partial charge in [0.25, 0.3) is 0 Å². The second-order valence-corrected chi connectivity index (χ2v) is 6.82. The summed E-state index contributed by atoms with van der Waals surface area (Å²) >= 11 is 0. The van der Waals surface area contributed by atoms with Crippen LogP contribution in [0.1, 0.15) is 11.5 Å². The van der Waals surface area contributed by atoms with E-state index in [1.807, 2.05) is 56.3 Å². The Hall–Kier alpha value is -4.00. The third-order valence-corrected chi connectivity index (χ3v) is 4.89. The lowest BCUT2D eigenvalue weighted by molar-refractivity contribution is 0.393. The van der Waals surface area contributed by atoms with Crippen molar-refractivity contribution >= 4 is 16.9 Å². The van der Waals surface area contributed by atoms with E-state index in [9.17, 15) is 0 Å². The molecule has 5 aromatic rings. The van der Waals surface area contributed by atoms with E-state index in [1.54, 1.807) is 6.20 Å². The third-order valence-electron chi connectivity index (χ3n) is 4.89.